The van der Waals surface area contributed by atoms with E-state index in [1.54, 1.807) is 36.4 Å². The van der Waals surface area contributed by atoms with Gasteiger partial charge in [-0.3, -0.25) is 18.8 Å². The summed E-state index contributed by atoms with van der Waals surface area (Å²) in [6.45, 7) is 2.01. The molecule has 15 heteroatoms. The lowest BCUT2D eigenvalue weighted by Gasteiger charge is -2.12. The van der Waals surface area contributed by atoms with Crippen LogP contribution in [0.1, 0.15) is 62.9 Å². The molecule has 1 amide bonds. The maximum Gasteiger partial charge on any atom is 0.353 e. The molecule has 0 spiro atoms. The topological polar surface area (TPSA) is 221 Å². The van der Waals surface area contributed by atoms with E-state index in [0.29, 0.717) is 16.8 Å². The number of rotatable bonds is 8. The molecule has 7 N–H and O–H groups in total. The Bertz CT molecular complexity index is 1900. The Labute approximate surface area is 263 Å². The number of nitrogens with two attached hydrogens (primary N) is 2. The van der Waals surface area contributed by atoms with Gasteiger partial charge in [0.2, 0.25) is 0 Å². The monoisotopic (exact) mass is 637 g/mol. The fourth-order valence-electron chi connectivity index (χ4n) is 3.94. The molecule has 0 saturated carbocycles. The van der Waals surface area contributed by atoms with Crippen molar-refractivity contribution in [3.05, 3.63) is 116 Å². The quantitative estimate of drug-likeness (QED) is 0.122. The van der Waals surface area contributed by atoms with Gasteiger partial charge >= 0.3 is 11.9 Å². The molecule has 2 heterocycles. The predicted octanol–water partition coefficient (Wildman–Crippen LogP) is 2.83. The van der Waals surface area contributed by atoms with Gasteiger partial charge in [-0.25, -0.2) is 19.6 Å². The molecule has 1 atom stereocenters. The Hall–Kier alpha value is -5.60. The molecule has 5 rings (SSSR count). The predicted molar refractivity (Wildman–Crippen MR) is 171 cm³/mol. The molecule has 0 aliphatic rings. The van der Waals surface area contributed by atoms with Crippen molar-refractivity contribution in [3.63, 3.8) is 0 Å². The third kappa shape index (κ3) is 8.07. The zero-order chi connectivity index (χ0) is 31.3. The molecule has 0 fully saturated rings. The number of benzene rings is 2. The zero-order valence-electron chi connectivity index (χ0n) is 23.4. The van der Waals surface area contributed by atoms with Crippen molar-refractivity contribution in [1.29, 1.82) is 0 Å². The average molecular weight is 638 g/mol. The van der Waals surface area contributed by atoms with E-state index in [9.17, 15) is 29.1 Å². The van der Waals surface area contributed by atoms with Gasteiger partial charge in [0.05, 0.1) is 18.9 Å². The number of esters is 1. The number of ether oxygens (including phenoxy) is 1. The van der Waals surface area contributed by atoms with Gasteiger partial charge in [0.25, 0.3) is 16.8 Å². The maximum atomic E-state index is 12.5. The molecule has 0 saturated heterocycles. The van der Waals surface area contributed by atoms with E-state index in [-0.39, 0.29) is 66.8 Å². The number of carboxylic acid groups (broad SMARTS) is 1. The van der Waals surface area contributed by atoms with Crippen LogP contribution in [-0.4, -0.2) is 44.4 Å². The second-order valence-electron chi connectivity index (χ2n) is 9.31. The van der Waals surface area contributed by atoms with Crippen LogP contribution in [0, 0.1) is 0 Å². The van der Waals surface area contributed by atoms with Crippen LogP contribution in [-0.2, 0) is 11.3 Å². The molecule has 0 unspecified atom stereocenters. The third-order valence-electron chi connectivity index (χ3n) is 6.29. The normalized spacial score (nSPS) is 10.8. The summed E-state index contributed by atoms with van der Waals surface area (Å²) in [7, 11) is 1.36. The van der Waals surface area contributed by atoms with Crippen LogP contribution in [0.15, 0.2) is 76.7 Å². The van der Waals surface area contributed by atoms with Gasteiger partial charge in [0.1, 0.15) is 29.1 Å². The highest BCUT2D eigenvalue weighted by molar-refractivity contribution is 5.96. The first-order valence-corrected chi connectivity index (χ1v) is 12.7. The number of hydrogen-bond donors (Lipinski definition) is 5. The summed E-state index contributed by atoms with van der Waals surface area (Å²) in [5.41, 5.74) is 12.5. The molecule has 5 aromatic rings. The zero-order valence-corrected chi connectivity index (χ0v) is 24.3. The van der Waals surface area contributed by atoms with Gasteiger partial charge in [-0.1, -0.05) is 31.7 Å². The van der Waals surface area contributed by atoms with Gasteiger partial charge in [-0.2, -0.15) is 0 Å². The number of halogens is 1. The Kier molecular flexibility index (Phi) is 12.0. The second-order valence-corrected chi connectivity index (χ2v) is 9.31. The molecule has 0 bridgehead atoms. The number of carbonyl (C=O) groups excluding carboxylic acids is 2. The fraction of sp³-hybridized carbons (Fsp3) is 0.167. The molecular formula is C30H32ClN7O7. The molecule has 0 radical (unpaired) electrons. The van der Waals surface area contributed by atoms with Crippen LogP contribution < -0.4 is 33.0 Å². The molecule has 236 valence electrons. The first kappa shape index (κ1) is 35.6. The smallest absolute Gasteiger partial charge is 0.353 e. The van der Waals surface area contributed by atoms with Gasteiger partial charge in [0, 0.05) is 24.3 Å². The summed E-state index contributed by atoms with van der Waals surface area (Å²) in [5.74, 6) is -2.10. The summed E-state index contributed by atoms with van der Waals surface area (Å²) in [4.78, 5) is 65.6. The fourth-order valence-corrected chi connectivity index (χ4v) is 3.94. The van der Waals surface area contributed by atoms with Crippen molar-refractivity contribution in [3.8, 4) is 0 Å². The summed E-state index contributed by atoms with van der Waals surface area (Å²) in [6.07, 6.45) is 2.65. The lowest BCUT2D eigenvalue weighted by atomic mass is 10.1. The second kappa shape index (κ2) is 15.2. The van der Waals surface area contributed by atoms with Crippen molar-refractivity contribution >= 4 is 53.0 Å². The first-order chi connectivity index (χ1) is 20.5. The van der Waals surface area contributed by atoms with Crippen molar-refractivity contribution in [2.45, 2.75) is 26.9 Å². The van der Waals surface area contributed by atoms with Crippen LogP contribution in [0.2, 0.25) is 0 Å². The van der Waals surface area contributed by atoms with Gasteiger partial charge < -0.3 is 31.9 Å². The van der Waals surface area contributed by atoms with E-state index in [1.807, 2.05) is 19.1 Å². The van der Waals surface area contributed by atoms with E-state index in [2.05, 4.69) is 25.3 Å². The molecule has 3 aromatic carbocycles. The first-order valence-electron chi connectivity index (χ1n) is 12.7. The summed E-state index contributed by atoms with van der Waals surface area (Å²) >= 11 is 0. The van der Waals surface area contributed by atoms with Crippen LogP contribution in [0.4, 0.5) is 17.1 Å². The molecular weight excluding hydrogens is 606 g/mol. The minimum atomic E-state index is -1.22. The number of amides is 1. The summed E-state index contributed by atoms with van der Waals surface area (Å²) in [5, 5.41) is 14.8. The van der Waals surface area contributed by atoms with E-state index in [4.69, 9.17) is 11.5 Å². The van der Waals surface area contributed by atoms with Gasteiger partial charge in [0.15, 0.2) is 5.65 Å². The van der Waals surface area contributed by atoms with E-state index >= 15 is 0 Å². The number of nitrogens with zero attached hydrogens (tertiary/aromatic N) is 3. The highest BCUT2D eigenvalue weighted by atomic mass is 35.5. The lowest BCUT2D eigenvalue weighted by molar-refractivity contribution is 0.0599. The number of nitrogen functional groups attached to an aromatic ring is 1. The number of aromatic nitrogens is 3. The third-order valence-corrected chi connectivity index (χ3v) is 6.29. The number of anilines is 3. The number of carbonyl (C=O) groups is 3. The Balaban J connectivity index is 0.000000400. The highest BCUT2D eigenvalue weighted by Crippen LogP contribution is 2.19. The highest BCUT2D eigenvalue weighted by Gasteiger charge is 2.18. The molecule has 0 aliphatic heterocycles. The van der Waals surface area contributed by atoms with Crippen molar-refractivity contribution < 1.29 is 24.2 Å². The SMILES string of the molecule is C.COC(=O)c1ccc([C@@H](C)N)cc1.Cl.Nc1c(Nc2cccc(CNC(=O)c3cc(C(=O)O)n4cncc4n3)c2)c(=O)c1=O. The van der Waals surface area contributed by atoms with E-state index in [1.165, 1.54) is 30.1 Å². The summed E-state index contributed by atoms with van der Waals surface area (Å²) < 4.78 is 5.83. The van der Waals surface area contributed by atoms with Crippen LogP contribution in [0.25, 0.3) is 5.65 Å². The maximum absolute atomic E-state index is 12.5. The minimum Gasteiger partial charge on any atom is -0.477 e. The Morgan fingerprint density at radius 1 is 1.07 bits per heavy atom. The minimum absolute atomic E-state index is 0. The number of imidazole rings is 1. The molecule has 45 heavy (non-hydrogen) atoms. The van der Waals surface area contributed by atoms with Crippen LogP contribution in [0.3, 0.4) is 0 Å². The van der Waals surface area contributed by atoms with Crippen molar-refractivity contribution in [2.24, 2.45) is 5.73 Å². The lowest BCUT2D eigenvalue weighted by Crippen LogP contribution is -2.36. The molecule has 0 aliphatic carbocycles. The largest absolute Gasteiger partial charge is 0.477 e. The number of aromatic carboxylic acids is 1. The number of nitrogens with one attached hydrogen (secondary N) is 2. The van der Waals surface area contributed by atoms with Crippen LogP contribution >= 0.6 is 12.4 Å². The van der Waals surface area contributed by atoms with Crippen molar-refractivity contribution in [1.82, 2.24) is 19.7 Å². The van der Waals surface area contributed by atoms with E-state index < -0.39 is 22.7 Å². The van der Waals surface area contributed by atoms with Gasteiger partial charge in [-0.05, 0) is 42.3 Å². The van der Waals surface area contributed by atoms with Gasteiger partial charge in [-0.15, -0.1) is 12.4 Å². The van der Waals surface area contributed by atoms with Crippen molar-refractivity contribution in [2.75, 3.05) is 18.2 Å². The number of carboxylic acids is 1. The molecule has 14 nitrogen and oxygen atoms in total. The number of methoxy groups -OCH3 is 1. The Morgan fingerprint density at radius 2 is 1.76 bits per heavy atom. The number of fused-ring (bicyclic) bond motifs is 1. The number of hydrogen-bond acceptors (Lipinski definition) is 11. The standard InChI is InChI=1S/C19H14N6O5.C10H13NO2.CH4.ClH/c20-14-15(17(27)16(14)26)23-10-3-1-2-9(4-10)6-22-18(28)11-5-12(19(29)30)25-8-21-7-13(25)24-11;1-7(11)8-3-5-9(6-4-8)10(12)13-2;;/h1-5,7-8,23H,6,20H2,(H,22,28)(H,29,30);3-7H,11H2,1-2H3;1H4;1H/t;7-;;/m.1../s1. The van der Waals surface area contributed by atoms with Crippen LogP contribution in [0.5, 0.6) is 0 Å². The average Bonchev–Trinajstić information content (AvgIpc) is 3.50. The Morgan fingerprint density at radius 3 is 2.36 bits per heavy atom. The summed E-state index contributed by atoms with van der Waals surface area (Å²) in [6, 6.07) is 15.0. The molecule has 2 aromatic heterocycles. The van der Waals surface area contributed by atoms with E-state index in [0.717, 1.165) is 5.56 Å².